The second kappa shape index (κ2) is 15.7. The van der Waals surface area contributed by atoms with Gasteiger partial charge in [-0.1, -0.05) is 88.6 Å². The molecule has 0 aromatic heterocycles. The molecule has 0 radical (unpaired) electrons. The normalized spacial score (nSPS) is 10.7. The molecule has 40 heavy (non-hydrogen) atoms. The van der Waals surface area contributed by atoms with Crippen molar-refractivity contribution in [2.75, 3.05) is 0 Å². The van der Waals surface area contributed by atoms with Crippen LogP contribution in [0.1, 0.15) is 68.4 Å². The monoisotopic (exact) mass is 664 g/mol. The van der Waals surface area contributed by atoms with E-state index in [0.29, 0.717) is 5.92 Å². The summed E-state index contributed by atoms with van der Waals surface area (Å²) in [5, 5.41) is 5.46. The van der Waals surface area contributed by atoms with Crippen LogP contribution in [0.2, 0.25) is 13.1 Å². The Morgan fingerprint density at radius 3 is 1.88 bits per heavy atom. The number of hydrogen-bond donors (Lipinski definition) is 0. The zero-order valence-corrected chi connectivity index (χ0v) is 30.8. The first-order valence-electron chi connectivity index (χ1n) is 13.7. The van der Waals surface area contributed by atoms with E-state index in [0.717, 1.165) is 0 Å². The van der Waals surface area contributed by atoms with E-state index in [1.54, 1.807) is 23.3 Å². The summed E-state index contributed by atoms with van der Waals surface area (Å²) in [5.41, 5.74) is 10.1. The van der Waals surface area contributed by atoms with Gasteiger partial charge in [0.2, 0.25) is 0 Å². The molecule has 0 saturated heterocycles. The molecule has 0 bridgehead atoms. The fraction of sp³-hybridized carbons (Fsp3) is 0.333. The van der Waals surface area contributed by atoms with E-state index in [-0.39, 0.29) is 35.7 Å². The van der Waals surface area contributed by atoms with Crippen molar-refractivity contribution < 1.29 is 48.1 Å². The van der Waals surface area contributed by atoms with Gasteiger partial charge in [-0.15, -0.1) is 69.1 Å². The molecular weight excluding hydrogens is 623 g/mol. The third-order valence-electron chi connectivity index (χ3n) is 7.02. The molecule has 4 heteroatoms. The zero-order valence-electron chi connectivity index (χ0n) is 25.8. The Morgan fingerprint density at radius 2 is 1.35 bits per heavy atom. The van der Waals surface area contributed by atoms with E-state index in [1.165, 1.54) is 60.5 Å². The molecule has 5 rings (SSSR count). The fourth-order valence-corrected chi connectivity index (χ4v) is 4.77. The van der Waals surface area contributed by atoms with Crippen molar-refractivity contribution >= 4 is 27.0 Å². The maximum Gasteiger partial charge on any atom is -0.0132 e. The van der Waals surface area contributed by atoms with E-state index < -0.39 is 0 Å². The van der Waals surface area contributed by atoms with Gasteiger partial charge in [-0.25, -0.2) is 0 Å². The van der Waals surface area contributed by atoms with E-state index in [1.807, 2.05) is 0 Å². The van der Waals surface area contributed by atoms with Crippen LogP contribution in [0.5, 0.6) is 0 Å². The van der Waals surface area contributed by atoms with Crippen LogP contribution < -0.4 is 24.8 Å². The number of aryl methyl sites for hydroxylation is 2. The van der Waals surface area contributed by atoms with Gasteiger partial charge in [0, 0.05) is 0 Å². The first-order valence-corrected chi connectivity index (χ1v) is 19.9. The van der Waals surface area contributed by atoms with Gasteiger partial charge in [0.25, 0.3) is 0 Å². The van der Waals surface area contributed by atoms with Gasteiger partial charge in [-0.2, -0.15) is 12.1 Å². The summed E-state index contributed by atoms with van der Waals surface area (Å²) < 4.78 is 0. The standard InChI is InChI=1S/C22H25.C12H13.C2H6Si.2ClH.Zr/c1-14-11-18-13-15(2)16(3)21(20(18)12-14)17-7-9-19(10-8-17)22(4,5)6;1-9(2)12-7-10-5-3-4-6-11(10)8-12;1-3-2;;;/h7-13H,1-6H3;3-9H,1-2H3;1-2H3;2*1H;/q2*-1;;;;+2/p-2. The molecule has 0 amide bonds. The van der Waals surface area contributed by atoms with Gasteiger partial charge < -0.3 is 24.8 Å². The van der Waals surface area contributed by atoms with Crippen LogP contribution in [0.25, 0.3) is 32.7 Å². The number of hydrogen-bond acceptors (Lipinski definition) is 0. The van der Waals surface area contributed by atoms with Crippen molar-refractivity contribution in [2.45, 2.75) is 79.8 Å². The fourth-order valence-electron chi connectivity index (χ4n) is 4.77. The minimum Gasteiger partial charge on any atom is -1.00 e. The molecule has 0 saturated carbocycles. The summed E-state index contributed by atoms with van der Waals surface area (Å²) in [7, 11) is 0. The Kier molecular flexibility index (Phi) is 14.4. The van der Waals surface area contributed by atoms with Crippen LogP contribution >= 0.6 is 0 Å². The van der Waals surface area contributed by atoms with Crippen LogP contribution in [-0.2, 0) is 28.8 Å². The van der Waals surface area contributed by atoms with Crippen LogP contribution in [0, 0.1) is 20.8 Å². The van der Waals surface area contributed by atoms with Crippen molar-refractivity contribution in [3.63, 3.8) is 0 Å². The maximum atomic E-state index is 2.31. The van der Waals surface area contributed by atoms with Gasteiger partial charge in [0.1, 0.15) is 0 Å². The van der Waals surface area contributed by atoms with Crippen molar-refractivity contribution in [2.24, 2.45) is 0 Å². The van der Waals surface area contributed by atoms with Crippen LogP contribution in [0.4, 0.5) is 0 Å². The second-order valence-electron chi connectivity index (χ2n) is 12.1. The smallest absolute Gasteiger partial charge is 0.0132 e. The quantitative estimate of drug-likeness (QED) is 0.186. The average molecular weight is 667 g/mol. The molecule has 0 nitrogen and oxygen atoms in total. The van der Waals surface area contributed by atoms with Crippen molar-refractivity contribution in [3.05, 3.63) is 107 Å². The Balaban J connectivity index is 0.000000376. The largest absolute Gasteiger partial charge is 1.00 e. The predicted octanol–water partition coefficient (Wildman–Crippen LogP) is 4.92. The summed E-state index contributed by atoms with van der Waals surface area (Å²) in [6.45, 7) is 22.5. The first kappa shape index (κ1) is 36.6. The maximum absolute atomic E-state index is 2.31. The summed E-state index contributed by atoms with van der Waals surface area (Å²) in [6, 6.07) is 29.1. The minimum absolute atomic E-state index is 0. The molecule has 212 valence electrons. The molecule has 0 fully saturated rings. The molecular formula is C36H44Cl2SiZr-2. The first-order chi connectivity index (χ1) is 17.8. The summed E-state index contributed by atoms with van der Waals surface area (Å²) in [6.07, 6.45) is 0. The Morgan fingerprint density at radius 1 is 0.775 bits per heavy atom. The van der Waals surface area contributed by atoms with Gasteiger partial charge >= 0.3 is 41.9 Å². The van der Waals surface area contributed by atoms with E-state index >= 15 is 0 Å². The third kappa shape index (κ3) is 9.55. The molecule has 0 aliphatic rings. The zero-order chi connectivity index (χ0) is 28.2. The Labute approximate surface area is 270 Å². The number of benzene rings is 3. The summed E-state index contributed by atoms with van der Waals surface area (Å²) >= 11 is 1.74. The second-order valence-corrected chi connectivity index (χ2v) is 21.5. The number of halogens is 2. The van der Waals surface area contributed by atoms with Crippen molar-refractivity contribution in [1.29, 1.82) is 0 Å². The molecule has 0 aliphatic heterocycles. The molecule has 5 aromatic carbocycles. The van der Waals surface area contributed by atoms with Gasteiger partial charge in [0.05, 0.1) is 0 Å². The topological polar surface area (TPSA) is 0 Å². The Bertz CT molecular complexity index is 1490. The Hall–Kier alpha value is -1.44. The van der Waals surface area contributed by atoms with Gasteiger partial charge in [0.15, 0.2) is 0 Å². The molecule has 5 aromatic rings. The van der Waals surface area contributed by atoms with E-state index in [4.69, 9.17) is 0 Å². The molecule has 0 heterocycles. The SMILES string of the molecule is CC(C)c1cc2ccccc2[cH-]1.C[Si](C)=[Zr+2].Cc1cc2c(-c3ccc(C(C)(C)C)cc3)c(C)c(C)cc2[cH-]1.[Cl-].[Cl-]. The summed E-state index contributed by atoms with van der Waals surface area (Å²) in [4.78, 5) is 0. The summed E-state index contributed by atoms with van der Waals surface area (Å²) in [5.74, 6) is 0.636. The van der Waals surface area contributed by atoms with Crippen LogP contribution in [-0.4, -0.2) is 5.43 Å². The third-order valence-corrected chi connectivity index (χ3v) is 7.02. The molecule has 0 spiro atoms. The van der Waals surface area contributed by atoms with Crippen LogP contribution in [0.15, 0.2) is 78.9 Å². The average Bonchev–Trinajstić information content (AvgIpc) is 3.42. The van der Waals surface area contributed by atoms with E-state index in [9.17, 15) is 0 Å². The van der Waals surface area contributed by atoms with Crippen LogP contribution in [0.3, 0.4) is 0 Å². The molecule has 0 aliphatic carbocycles. The van der Waals surface area contributed by atoms with Gasteiger partial charge in [-0.05, 0) is 36.3 Å². The number of fused-ring (bicyclic) bond motifs is 2. The van der Waals surface area contributed by atoms with Crippen molar-refractivity contribution in [3.8, 4) is 11.1 Å². The number of rotatable bonds is 2. The van der Waals surface area contributed by atoms with Crippen molar-refractivity contribution in [1.82, 2.24) is 0 Å². The van der Waals surface area contributed by atoms with E-state index in [2.05, 4.69) is 147 Å². The molecule has 0 unspecified atom stereocenters. The minimum atomic E-state index is 0. The van der Waals surface area contributed by atoms with Gasteiger partial charge in [-0.3, -0.25) is 0 Å². The molecule has 0 atom stereocenters. The predicted molar refractivity (Wildman–Crippen MR) is 169 cm³/mol. The molecule has 0 N–H and O–H groups in total.